The molecule has 0 unspecified atom stereocenters. The van der Waals surface area contributed by atoms with E-state index in [0.29, 0.717) is 0 Å². The largest absolute Gasteiger partial charge is 0.246 e. The van der Waals surface area contributed by atoms with Crippen LogP contribution in [0.15, 0.2) is 29.6 Å². The molecule has 1 nitrogen and oxygen atoms in total. The summed E-state index contributed by atoms with van der Waals surface area (Å²) in [6.45, 7) is 2.17. The number of hydrogen-bond donors (Lipinski definition) is 0. The highest BCUT2D eigenvalue weighted by Crippen LogP contribution is 2.40. The van der Waals surface area contributed by atoms with Crippen LogP contribution in [0.5, 0.6) is 0 Å². The second-order valence-electron chi connectivity index (χ2n) is 4.54. The summed E-state index contributed by atoms with van der Waals surface area (Å²) < 4.78 is 0. The number of aryl methyl sites for hydroxylation is 1. The van der Waals surface area contributed by atoms with Gasteiger partial charge in [-0.2, -0.15) is 0 Å². The van der Waals surface area contributed by atoms with Gasteiger partial charge in [-0.05, 0) is 30.9 Å². The van der Waals surface area contributed by atoms with Gasteiger partial charge in [-0.1, -0.05) is 24.3 Å². The Labute approximate surface area is 100 Å². The summed E-state index contributed by atoms with van der Waals surface area (Å²) in [6.07, 6.45) is 3.67. The Balaban J connectivity index is 1.80. The van der Waals surface area contributed by atoms with E-state index in [1.54, 1.807) is 0 Å². The molecule has 2 aromatic rings. The van der Waals surface area contributed by atoms with Crippen molar-refractivity contribution in [3.8, 4) is 0 Å². The van der Waals surface area contributed by atoms with Crippen molar-refractivity contribution >= 4 is 11.3 Å². The van der Waals surface area contributed by atoms with Crippen molar-refractivity contribution in [3.63, 3.8) is 0 Å². The molecule has 16 heavy (non-hydrogen) atoms. The summed E-state index contributed by atoms with van der Waals surface area (Å²) in [5.74, 6) is 0.780. The van der Waals surface area contributed by atoms with E-state index >= 15 is 0 Å². The smallest absolute Gasteiger partial charge is 0.0972 e. The standard InChI is InChI=1S/C14H15NS/c1-10-4-2-3-5-12(10)8-14-15-13(9-16-14)11-6-7-11/h2-5,9,11H,6-8H2,1H3. The van der Waals surface area contributed by atoms with Crippen molar-refractivity contribution < 1.29 is 0 Å². The van der Waals surface area contributed by atoms with E-state index in [1.165, 1.54) is 34.7 Å². The number of aromatic nitrogens is 1. The van der Waals surface area contributed by atoms with Gasteiger partial charge in [0.1, 0.15) is 0 Å². The maximum Gasteiger partial charge on any atom is 0.0972 e. The van der Waals surface area contributed by atoms with Crippen molar-refractivity contribution in [2.24, 2.45) is 0 Å². The maximum atomic E-state index is 4.73. The molecule has 1 aliphatic rings. The lowest BCUT2D eigenvalue weighted by Gasteiger charge is -2.02. The highest BCUT2D eigenvalue weighted by Gasteiger charge is 2.25. The van der Waals surface area contributed by atoms with Crippen LogP contribution in [0.25, 0.3) is 0 Å². The SMILES string of the molecule is Cc1ccccc1Cc1nc(C2CC2)cs1. The number of hydrogen-bond acceptors (Lipinski definition) is 2. The Morgan fingerprint density at radius 2 is 2.12 bits per heavy atom. The van der Waals surface area contributed by atoms with Crippen LogP contribution >= 0.6 is 11.3 Å². The number of benzene rings is 1. The minimum atomic E-state index is 0.780. The van der Waals surface area contributed by atoms with Crippen LogP contribution < -0.4 is 0 Å². The summed E-state index contributed by atoms with van der Waals surface area (Å²) in [5, 5.41) is 3.50. The molecule has 0 N–H and O–H groups in total. The lowest BCUT2D eigenvalue weighted by Crippen LogP contribution is -1.91. The predicted molar refractivity (Wildman–Crippen MR) is 68.1 cm³/mol. The lowest BCUT2D eigenvalue weighted by atomic mass is 10.1. The molecule has 1 aromatic heterocycles. The van der Waals surface area contributed by atoms with Gasteiger partial charge in [0.05, 0.1) is 10.7 Å². The van der Waals surface area contributed by atoms with Gasteiger partial charge in [0, 0.05) is 17.7 Å². The fourth-order valence-corrected chi connectivity index (χ4v) is 2.84. The Hall–Kier alpha value is -1.15. The zero-order valence-electron chi connectivity index (χ0n) is 9.44. The molecular formula is C14H15NS. The first kappa shape index (κ1) is 10.0. The Morgan fingerprint density at radius 1 is 1.31 bits per heavy atom. The third-order valence-corrected chi connectivity index (χ3v) is 4.04. The average Bonchev–Trinajstić information content (AvgIpc) is 3.03. The van der Waals surface area contributed by atoms with Crippen LogP contribution in [0.2, 0.25) is 0 Å². The zero-order chi connectivity index (χ0) is 11.0. The fraction of sp³-hybridized carbons (Fsp3) is 0.357. The molecule has 0 aliphatic heterocycles. The topological polar surface area (TPSA) is 12.9 Å². The third kappa shape index (κ3) is 2.03. The van der Waals surface area contributed by atoms with Crippen molar-refractivity contribution in [2.75, 3.05) is 0 Å². The molecule has 3 rings (SSSR count). The van der Waals surface area contributed by atoms with Crippen molar-refractivity contribution in [1.82, 2.24) is 4.98 Å². The van der Waals surface area contributed by atoms with E-state index in [9.17, 15) is 0 Å². The molecule has 1 heterocycles. The van der Waals surface area contributed by atoms with Gasteiger partial charge in [-0.15, -0.1) is 11.3 Å². The van der Waals surface area contributed by atoms with Gasteiger partial charge in [-0.25, -0.2) is 4.98 Å². The van der Waals surface area contributed by atoms with Gasteiger partial charge in [0.15, 0.2) is 0 Å². The summed E-state index contributed by atoms with van der Waals surface area (Å²) in [5.41, 5.74) is 4.10. The Kier molecular flexibility index (Phi) is 2.52. The molecule has 1 fully saturated rings. The molecule has 1 aromatic carbocycles. The average molecular weight is 229 g/mol. The van der Waals surface area contributed by atoms with Crippen LogP contribution in [0, 0.1) is 6.92 Å². The first-order valence-corrected chi connectivity index (χ1v) is 6.69. The predicted octanol–water partition coefficient (Wildman–Crippen LogP) is 3.92. The van der Waals surface area contributed by atoms with Gasteiger partial charge < -0.3 is 0 Å². The normalized spacial score (nSPS) is 15.3. The summed E-state index contributed by atoms with van der Waals surface area (Å²) in [4.78, 5) is 4.73. The van der Waals surface area contributed by atoms with Gasteiger partial charge in [-0.3, -0.25) is 0 Å². The van der Waals surface area contributed by atoms with Crippen LogP contribution in [-0.4, -0.2) is 4.98 Å². The summed E-state index contributed by atoms with van der Waals surface area (Å²) >= 11 is 1.81. The minimum Gasteiger partial charge on any atom is -0.246 e. The maximum absolute atomic E-state index is 4.73. The van der Waals surface area contributed by atoms with E-state index in [-0.39, 0.29) is 0 Å². The molecule has 0 saturated heterocycles. The Bertz CT molecular complexity index is 497. The van der Waals surface area contributed by atoms with Crippen LogP contribution in [0.3, 0.4) is 0 Å². The lowest BCUT2D eigenvalue weighted by molar-refractivity contribution is 1.00. The van der Waals surface area contributed by atoms with Crippen LogP contribution in [0.4, 0.5) is 0 Å². The van der Waals surface area contributed by atoms with Gasteiger partial charge >= 0.3 is 0 Å². The first-order chi connectivity index (χ1) is 7.83. The summed E-state index contributed by atoms with van der Waals surface area (Å²) in [6, 6.07) is 8.58. The van der Waals surface area contributed by atoms with Gasteiger partial charge in [0.2, 0.25) is 0 Å². The first-order valence-electron chi connectivity index (χ1n) is 5.82. The van der Waals surface area contributed by atoms with Crippen LogP contribution in [-0.2, 0) is 6.42 Å². The fourth-order valence-electron chi connectivity index (χ4n) is 1.94. The minimum absolute atomic E-state index is 0.780. The monoisotopic (exact) mass is 229 g/mol. The third-order valence-electron chi connectivity index (χ3n) is 3.17. The Morgan fingerprint density at radius 3 is 2.88 bits per heavy atom. The number of rotatable bonds is 3. The van der Waals surface area contributed by atoms with E-state index in [1.807, 2.05) is 11.3 Å². The quantitative estimate of drug-likeness (QED) is 0.777. The molecule has 0 bridgehead atoms. The van der Waals surface area contributed by atoms with E-state index in [4.69, 9.17) is 4.98 Å². The molecule has 0 amide bonds. The molecule has 2 heteroatoms. The molecule has 0 radical (unpaired) electrons. The van der Waals surface area contributed by atoms with Crippen molar-refractivity contribution in [1.29, 1.82) is 0 Å². The van der Waals surface area contributed by atoms with Crippen molar-refractivity contribution in [3.05, 3.63) is 51.5 Å². The second kappa shape index (κ2) is 4.02. The molecule has 0 atom stereocenters. The molecule has 1 saturated carbocycles. The number of thiazole rings is 1. The molecular weight excluding hydrogens is 214 g/mol. The van der Waals surface area contributed by atoms with E-state index in [2.05, 4.69) is 36.6 Å². The van der Waals surface area contributed by atoms with Crippen LogP contribution in [0.1, 0.15) is 40.6 Å². The molecule has 1 aliphatic carbocycles. The zero-order valence-corrected chi connectivity index (χ0v) is 10.3. The van der Waals surface area contributed by atoms with Crippen molar-refractivity contribution in [2.45, 2.75) is 32.1 Å². The number of nitrogens with zero attached hydrogens (tertiary/aromatic N) is 1. The highest BCUT2D eigenvalue weighted by atomic mass is 32.1. The second-order valence-corrected chi connectivity index (χ2v) is 5.49. The van der Waals surface area contributed by atoms with E-state index < -0.39 is 0 Å². The van der Waals surface area contributed by atoms with Gasteiger partial charge in [0.25, 0.3) is 0 Å². The van der Waals surface area contributed by atoms with E-state index in [0.717, 1.165) is 12.3 Å². The molecule has 82 valence electrons. The highest BCUT2D eigenvalue weighted by molar-refractivity contribution is 7.09. The summed E-state index contributed by atoms with van der Waals surface area (Å²) in [7, 11) is 0. The molecule has 0 spiro atoms.